The lowest BCUT2D eigenvalue weighted by Crippen LogP contribution is -2.21. The zero-order valence-electron chi connectivity index (χ0n) is 13.5. The molecule has 6 heteroatoms. The Hall–Kier alpha value is -3.15. The van der Waals surface area contributed by atoms with E-state index in [1.807, 2.05) is 42.7 Å². The highest BCUT2D eigenvalue weighted by Crippen LogP contribution is 2.24. The van der Waals surface area contributed by atoms with E-state index in [0.717, 1.165) is 33.7 Å². The van der Waals surface area contributed by atoms with E-state index in [1.165, 1.54) is 0 Å². The van der Waals surface area contributed by atoms with Gasteiger partial charge in [0.1, 0.15) is 11.2 Å². The van der Waals surface area contributed by atoms with Crippen LogP contribution in [0.3, 0.4) is 0 Å². The Morgan fingerprint density at radius 3 is 2.79 bits per heavy atom. The molecule has 4 aromatic rings. The largest absolute Gasteiger partial charge is 0.467 e. The van der Waals surface area contributed by atoms with Crippen molar-refractivity contribution in [3.8, 4) is 5.69 Å². The monoisotopic (exact) mass is 319 g/mol. The van der Waals surface area contributed by atoms with Crippen molar-refractivity contribution in [3.63, 3.8) is 0 Å². The summed E-state index contributed by atoms with van der Waals surface area (Å²) in [5.74, 6) is 0.802. The van der Waals surface area contributed by atoms with Gasteiger partial charge in [0.05, 0.1) is 36.4 Å². The zero-order chi connectivity index (χ0) is 16.7. The molecule has 4 rings (SSSR count). The molecule has 0 aromatic carbocycles. The molecule has 0 unspecified atom stereocenters. The number of aryl methyl sites for hydroxylation is 1. The Morgan fingerprint density at radius 1 is 1.21 bits per heavy atom. The normalized spacial score (nSPS) is 11.2. The first kappa shape index (κ1) is 14.4. The minimum atomic E-state index is 0.430. The van der Waals surface area contributed by atoms with Gasteiger partial charge in [-0.3, -0.25) is 15.0 Å². The van der Waals surface area contributed by atoms with Gasteiger partial charge in [-0.05, 0) is 43.7 Å². The third kappa shape index (κ3) is 2.15. The highest BCUT2D eigenvalue weighted by molar-refractivity contribution is 5.82. The van der Waals surface area contributed by atoms with Crippen LogP contribution in [-0.4, -0.2) is 19.1 Å². The van der Waals surface area contributed by atoms with Gasteiger partial charge in [-0.25, -0.2) is 4.98 Å². The van der Waals surface area contributed by atoms with E-state index in [0.29, 0.717) is 12.0 Å². The molecule has 0 saturated heterocycles. The van der Waals surface area contributed by atoms with E-state index in [9.17, 15) is 0 Å². The van der Waals surface area contributed by atoms with Gasteiger partial charge in [0, 0.05) is 11.9 Å². The summed E-state index contributed by atoms with van der Waals surface area (Å²) in [5, 5.41) is 9.46. The minimum absolute atomic E-state index is 0.430. The summed E-state index contributed by atoms with van der Waals surface area (Å²) < 4.78 is 9.23. The van der Waals surface area contributed by atoms with Crippen LogP contribution < -0.4 is 5.49 Å². The highest BCUT2D eigenvalue weighted by atomic mass is 16.3. The summed E-state index contributed by atoms with van der Waals surface area (Å²) in [6.45, 7) is 4.56. The maximum atomic E-state index is 8.61. The fraction of sp³-hybridized carbons (Fsp3) is 0.167. The van der Waals surface area contributed by atoms with Crippen molar-refractivity contribution in [2.75, 3.05) is 0 Å². The maximum Gasteiger partial charge on any atom is 0.150 e. The average Bonchev–Trinajstić information content (AvgIpc) is 3.19. The lowest BCUT2D eigenvalue weighted by atomic mass is 10.2. The number of pyridine rings is 1. The molecule has 0 aliphatic carbocycles. The first-order valence-corrected chi connectivity index (χ1v) is 7.71. The van der Waals surface area contributed by atoms with E-state index in [1.54, 1.807) is 29.6 Å². The molecule has 0 radical (unpaired) electrons. The van der Waals surface area contributed by atoms with Crippen LogP contribution in [0.4, 0.5) is 0 Å². The van der Waals surface area contributed by atoms with E-state index in [-0.39, 0.29) is 0 Å². The van der Waals surface area contributed by atoms with Crippen LogP contribution in [0.15, 0.2) is 53.7 Å². The molecule has 6 nitrogen and oxygen atoms in total. The molecular formula is C18H17N5O. The van der Waals surface area contributed by atoms with Crippen LogP contribution in [0, 0.1) is 19.3 Å². The van der Waals surface area contributed by atoms with Crippen LogP contribution in [0.2, 0.25) is 0 Å². The minimum Gasteiger partial charge on any atom is -0.467 e. The molecule has 0 atom stereocenters. The van der Waals surface area contributed by atoms with Gasteiger partial charge >= 0.3 is 0 Å². The Balaban J connectivity index is 1.94. The van der Waals surface area contributed by atoms with Crippen molar-refractivity contribution < 1.29 is 4.42 Å². The summed E-state index contributed by atoms with van der Waals surface area (Å²) >= 11 is 0. The molecule has 0 aliphatic heterocycles. The Labute approximate surface area is 138 Å². The summed E-state index contributed by atoms with van der Waals surface area (Å²) in [7, 11) is 0. The number of aromatic nitrogens is 4. The molecule has 24 heavy (non-hydrogen) atoms. The molecule has 0 bridgehead atoms. The molecule has 4 aromatic heterocycles. The van der Waals surface area contributed by atoms with E-state index in [2.05, 4.69) is 9.97 Å². The van der Waals surface area contributed by atoms with Crippen LogP contribution in [-0.2, 0) is 6.54 Å². The lowest BCUT2D eigenvalue weighted by Gasteiger charge is -2.08. The number of hydrogen-bond donors (Lipinski definition) is 1. The van der Waals surface area contributed by atoms with E-state index in [4.69, 9.17) is 9.83 Å². The molecular weight excluding hydrogens is 302 g/mol. The number of rotatable bonds is 3. The molecule has 4 heterocycles. The molecule has 0 amide bonds. The zero-order valence-corrected chi connectivity index (χ0v) is 13.5. The Kier molecular flexibility index (Phi) is 3.30. The summed E-state index contributed by atoms with van der Waals surface area (Å²) in [6, 6.07) is 7.64. The summed E-state index contributed by atoms with van der Waals surface area (Å²) in [4.78, 5) is 8.81. The number of nitrogens with one attached hydrogen (secondary N) is 1. The van der Waals surface area contributed by atoms with Crippen molar-refractivity contribution in [2.24, 2.45) is 0 Å². The number of hydrogen-bond acceptors (Lipinski definition) is 4. The number of fused-ring (bicyclic) bond motifs is 1. The van der Waals surface area contributed by atoms with E-state index < -0.39 is 0 Å². The van der Waals surface area contributed by atoms with Crippen LogP contribution in [0.25, 0.3) is 16.7 Å². The fourth-order valence-electron chi connectivity index (χ4n) is 3.01. The first-order valence-electron chi connectivity index (χ1n) is 7.71. The molecule has 0 saturated carbocycles. The lowest BCUT2D eigenvalue weighted by molar-refractivity contribution is 0.486. The average molecular weight is 319 g/mol. The fourth-order valence-corrected chi connectivity index (χ4v) is 3.01. The third-order valence-electron chi connectivity index (χ3n) is 4.34. The standard InChI is InChI=1S/C18H17N5O/c1-12-13(2)23(14-5-3-7-20-9-14)18-16(12)17(19)22(11-21-18)10-15-6-4-8-24-15/h3-9,11,19H,10H2,1-2H3. The van der Waals surface area contributed by atoms with Gasteiger partial charge in [-0.2, -0.15) is 0 Å². The summed E-state index contributed by atoms with van der Waals surface area (Å²) in [6.07, 6.45) is 6.89. The van der Waals surface area contributed by atoms with Crippen LogP contribution in [0.1, 0.15) is 17.0 Å². The Bertz CT molecular complexity index is 1060. The highest BCUT2D eigenvalue weighted by Gasteiger charge is 2.16. The van der Waals surface area contributed by atoms with Crippen molar-refractivity contribution in [2.45, 2.75) is 20.4 Å². The first-order chi connectivity index (χ1) is 11.7. The second-order valence-corrected chi connectivity index (χ2v) is 5.76. The predicted molar refractivity (Wildman–Crippen MR) is 90.0 cm³/mol. The van der Waals surface area contributed by atoms with Crippen molar-refractivity contribution in [1.82, 2.24) is 19.1 Å². The van der Waals surface area contributed by atoms with Crippen molar-refractivity contribution in [1.29, 1.82) is 5.41 Å². The topological polar surface area (TPSA) is 72.6 Å². The van der Waals surface area contributed by atoms with Gasteiger partial charge in [-0.15, -0.1) is 0 Å². The van der Waals surface area contributed by atoms with Crippen molar-refractivity contribution >= 4 is 11.0 Å². The molecule has 0 fully saturated rings. The number of furan rings is 1. The smallest absolute Gasteiger partial charge is 0.150 e. The van der Waals surface area contributed by atoms with Crippen molar-refractivity contribution in [3.05, 3.63) is 71.8 Å². The second-order valence-electron chi connectivity index (χ2n) is 5.76. The van der Waals surface area contributed by atoms with Gasteiger partial charge in [-0.1, -0.05) is 0 Å². The predicted octanol–water partition coefficient (Wildman–Crippen LogP) is 2.96. The third-order valence-corrected chi connectivity index (χ3v) is 4.34. The number of nitrogens with zero attached hydrogens (tertiary/aromatic N) is 4. The second kappa shape index (κ2) is 5.49. The van der Waals surface area contributed by atoms with E-state index >= 15 is 0 Å². The van der Waals surface area contributed by atoms with Crippen LogP contribution in [0.5, 0.6) is 0 Å². The Morgan fingerprint density at radius 2 is 2.08 bits per heavy atom. The quantitative estimate of drug-likeness (QED) is 0.631. The maximum absolute atomic E-state index is 8.61. The van der Waals surface area contributed by atoms with Gasteiger partial charge in [0.2, 0.25) is 0 Å². The molecule has 0 spiro atoms. The molecule has 120 valence electrons. The van der Waals surface area contributed by atoms with Gasteiger partial charge in [0.15, 0.2) is 5.65 Å². The van der Waals surface area contributed by atoms with Gasteiger partial charge < -0.3 is 8.98 Å². The van der Waals surface area contributed by atoms with Crippen LogP contribution >= 0.6 is 0 Å². The summed E-state index contributed by atoms with van der Waals surface area (Å²) in [5.41, 5.74) is 4.28. The SMILES string of the molecule is Cc1c(C)n(-c2cccnc2)c2ncn(Cc3ccco3)c(=N)c12. The van der Waals surface area contributed by atoms with Gasteiger partial charge in [0.25, 0.3) is 0 Å². The molecule has 1 N–H and O–H groups in total. The molecule has 0 aliphatic rings.